The lowest BCUT2D eigenvalue weighted by molar-refractivity contribution is -0.135. The molecule has 2 amide bonds. The van der Waals surface area contributed by atoms with Gasteiger partial charge in [0.25, 0.3) is 5.91 Å². The van der Waals surface area contributed by atoms with Gasteiger partial charge in [0, 0.05) is 24.3 Å². The maximum Gasteiger partial charge on any atom is 0.254 e. The maximum absolute atomic E-state index is 13.4. The Morgan fingerprint density at radius 2 is 1.94 bits per heavy atom. The third-order valence-corrected chi connectivity index (χ3v) is 5.70. The number of ether oxygens (including phenoxy) is 3. The van der Waals surface area contributed by atoms with E-state index in [0.717, 1.165) is 12.8 Å². The Hall–Kier alpha value is -3.00. The molecule has 172 valence electrons. The van der Waals surface area contributed by atoms with E-state index in [4.69, 9.17) is 18.6 Å². The van der Waals surface area contributed by atoms with Crippen molar-refractivity contribution in [3.63, 3.8) is 0 Å². The van der Waals surface area contributed by atoms with Gasteiger partial charge in [0.05, 0.1) is 18.9 Å². The summed E-state index contributed by atoms with van der Waals surface area (Å²) in [4.78, 5) is 30.2. The standard InChI is InChI=1S/C24H30N2O6/c1-24(2,3)26(23(28)17-8-9-20-21(12-17)32-16-31-20)15-22(27)25(13-18-6-4-10-29-18)14-19-7-5-11-30-19/h4,6,8-10,12,19H,5,7,11,13-16H2,1-3H3/t19-/m1/s1. The van der Waals surface area contributed by atoms with Gasteiger partial charge in [0.15, 0.2) is 11.5 Å². The zero-order valence-electron chi connectivity index (χ0n) is 18.8. The van der Waals surface area contributed by atoms with Crippen LogP contribution in [-0.4, -0.2) is 59.7 Å². The van der Waals surface area contributed by atoms with Crippen LogP contribution in [0.3, 0.4) is 0 Å². The Balaban J connectivity index is 1.53. The molecular formula is C24H30N2O6. The van der Waals surface area contributed by atoms with Gasteiger partial charge in [-0.2, -0.15) is 0 Å². The third-order valence-electron chi connectivity index (χ3n) is 5.70. The predicted octanol–water partition coefficient (Wildman–Crippen LogP) is 3.46. The van der Waals surface area contributed by atoms with Crippen molar-refractivity contribution >= 4 is 11.8 Å². The summed E-state index contributed by atoms with van der Waals surface area (Å²) in [6, 6.07) is 8.73. The first kappa shape index (κ1) is 22.2. The minimum absolute atomic E-state index is 0.00144. The van der Waals surface area contributed by atoms with Crippen molar-refractivity contribution in [1.29, 1.82) is 0 Å². The van der Waals surface area contributed by atoms with Crippen molar-refractivity contribution in [2.75, 3.05) is 26.5 Å². The van der Waals surface area contributed by atoms with Crippen LogP contribution in [0.1, 0.15) is 49.7 Å². The van der Waals surface area contributed by atoms with Crippen LogP contribution in [0.2, 0.25) is 0 Å². The molecule has 1 atom stereocenters. The van der Waals surface area contributed by atoms with Crippen LogP contribution in [0, 0.1) is 0 Å². The zero-order valence-corrected chi connectivity index (χ0v) is 18.8. The topological polar surface area (TPSA) is 81.5 Å². The Labute approximate surface area is 188 Å². The molecule has 4 rings (SSSR count). The molecule has 1 fully saturated rings. The molecule has 8 heteroatoms. The summed E-state index contributed by atoms with van der Waals surface area (Å²) in [5, 5.41) is 0. The number of carbonyl (C=O) groups is 2. The lowest BCUT2D eigenvalue weighted by atomic mass is 10.0. The summed E-state index contributed by atoms with van der Waals surface area (Å²) in [6.07, 6.45) is 3.50. The fourth-order valence-electron chi connectivity index (χ4n) is 3.91. The molecule has 2 aromatic rings. The van der Waals surface area contributed by atoms with E-state index in [1.54, 1.807) is 40.3 Å². The second kappa shape index (κ2) is 9.24. The number of rotatable bonds is 7. The van der Waals surface area contributed by atoms with Crippen molar-refractivity contribution in [3.8, 4) is 11.5 Å². The van der Waals surface area contributed by atoms with E-state index in [1.165, 1.54) is 0 Å². The Morgan fingerprint density at radius 1 is 1.12 bits per heavy atom. The number of nitrogens with zero attached hydrogens (tertiary/aromatic N) is 2. The summed E-state index contributed by atoms with van der Waals surface area (Å²) in [5.41, 5.74) is -0.114. The van der Waals surface area contributed by atoms with E-state index in [0.29, 0.717) is 42.5 Å². The first-order chi connectivity index (χ1) is 15.3. The average molecular weight is 443 g/mol. The van der Waals surface area contributed by atoms with Crippen LogP contribution in [0.4, 0.5) is 0 Å². The molecule has 3 heterocycles. The summed E-state index contributed by atoms with van der Waals surface area (Å²) in [7, 11) is 0. The number of hydrogen-bond acceptors (Lipinski definition) is 6. The number of fused-ring (bicyclic) bond motifs is 1. The van der Waals surface area contributed by atoms with E-state index in [9.17, 15) is 9.59 Å². The molecule has 2 aliphatic rings. The summed E-state index contributed by atoms with van der Waals surface area (Å²) in [6.45, 7) is 7.36. The molecule has 0 saturated carbocycles. The van der Waals surface area contributed by atoms with Gasteiger partial charge < -0.3 is 28.4 Å². The highest BCUT2D eigenvalue weighted by molar-refractivity contribution is 5.97. The van der Waals surface area contributed by atoms with Crippen LogP contribution in [0.25, 0.3) is 0 Å². The van der Waals surface area contributed by atoms with E-state index in [-0.39, 0.29) is 31.3 Å². The van der Waals surface area contributed by atoms with Crippen LogP contribution in [0.15, 0.2) is 41.0 Å². The molecular weight excluding hydrogens is 412 g/mol. The van der Waals surface area contributed by atoms with Crippen LogP contribution >= 0.6 is 0 Å². The average Bonchev–Trinajstić information content (AvgIpc) is 3.52. The first-order valence-electron chi connectivity index (χ1n) is 10.9. The first-order valence-corrected chi connectivity index (χ1v) is 10.9. The second-order valence-electron chi connectivity index (χ2n) is 9.12. The van der Waals surface area contributed by atoms with Crippen LogP contribution in [-0.2, 0) is 16.1 Å². The minimum Gasteiger partial charge on any atom is -0.467 e. The highest BCUT2D eigenvalue weighted by atomic mass is 16.7. The normalized spacial score (nSPS) is 17.4. The zero-order chi connectivity index (χ0) is 22.7. The quantitative estimate of drug-likeness (QED) is 0.653. The summed E-state index contributed by atoms with van der Waals surface area (Å²) < 4.78 is 22.0. The van der Waals surface area contributed by atoms with Gasteiger partial charge in [-0.05, 0) is 63.9 Å². The number of amides is 2. The highest BCUT2D eigenvalue weighted by Crippen LogP contribution is 2.33. The lowest BCUT2D eigenvalue weighted by Crippen LogP contribution is -2.51. The fraction of sp³-hybridized carbons (Fsp3) is 0.500. The maximum atomic E-state index is 13.4. The van der Waals surface area contributed by atoms with Gasteiger partial charge in [-0.3, -0.25) is 9.59 Å². The van der Waals surface area contributed by atoms with E-state index < -0.39 is 5.54 Å². The third kappa shape index (κ3) is 5.07. The van der Waals surface area contributed by atoms with E-state index >= 15 is 0 Å². The molecule has 1 saturated heterocycles. The number of benzene rings is 1. The fourth-order valence-corrected chi connectivity index (χ4v) is 3.91. The molecule has 0 radical (unpaired) electrons. The minimum atomic E-state index is -0.566. The van der Waals surface area contributed by atoms with Crippen LogP contribution < -0.4 is 9.47 Å². The van der Waals surface area contributed by atoms with Crippen molar-refractivity contribution in [3.05, 3.63) is 47.9 Å². The summed E-state index contributed by atoms with van der Waals surface area (Å²) in [5.74, 6) is 1.45. The SMILES string of the molecule is CC(C)(C)N(CC(=O)N(Cc1ccco1)C[C@H]1CCCO1)C(=O)c1ccc2c(c1)OCO2. The molecule has 1 aromatic carbocycles. The molecule has 0 aliphatic carbocycles. The molecule has 0 spiro atoms. The van der Waals surface area contributed by atoms with Crippen LogP contribution in [0.5, 0.6) is 11.5 Å². The molecule has 2 aliphatic heterocycles. The largest absolute Gasteiger partial charge is 0.467 e. The molecule has 32 heavy (non-hydrogen) atoms. The van der Waals surface area contributed by atoms with Gasteiger partial charge in [-0.15, -0.1) is 0 Å². The second-order valence-corrected chi connectivity index (χ2v) is 9.12. The van der Waals surface area contributed by atoms with Gasteiger partial charge in [-0.1, -0.05) is 0 Å². The van der Waals surface area contributed by atoms with Gasteiger partial charge in [-0.25, -0.2) is 0 Å². The van der Waals surface area contributed by atoms with Crippen molar-refractivity contribution < 1.29 is 28.2 Å². The van der Waals surface area contributed by atoms with Gasteiger partial charge in [0.1, 0.15) is 12.3 Å². The van der Waals surface area contributed by atoms with Gasteiger partial charge in [0.2, 0.25) is 12.7 Å². The Morgan fingerprint density at radius 3 is 2.62 bits per heavy atom. The Kier molecular flexibility index (Phi) is 6.41. The molecule has 8 nitrogen and oxygen atoms in total. The van der Waals surface area contributed by atoms with E-state index in [2.05, 4.69) is 0 Å². The monoisotopic (exact) mass is 442 g/mol. The molecule has 0 bridgehead atoms. The lowest BCUT2D eigenvalue weighted by Gasteiger charge is -2.37. The molecule has 0 unspecified atom stereocenters. The molecule has 0 N–H and O–H groups in total. The van der Waals surface area contributed by atoms with Crippen molar-refractivity contribution in [2.45, 2.75) is 51.8 Å². The number of hydrogen-bond donors (Lipinski definition) is 0. The van der Waals surface area contributed by atoms with Crippen molar-refractivity contribution in [1.82, 2.24) is 9.80 Å². The highest BCUT2D eigenvalue weighted by Gasteiger charge is 2.33. The predicted molar refractivity (Wildman–Crippen MR) is 116 cm³/mol. The number of furan rings is 1. The van der Waals surface area contributed by atoms with Crippen molar-refractivity contribution in [2.24, 2.45) is 0 Å². The molecule has 1 aromatic heterocycles. The number of carbonyl (C=O) groups excluding carboxylic acids is 2. The van der Waals surface area contributed by atoms with E-state index in [1.807, 2.05) is 26.8 Å². The Bertz CT molecular complexity index is 944. The smallest absolute Gasteiger partial charge is 0.254 e. The summed E-state index contributed by atoms with van der Waals surface area (Å²) >= 11 is 0. The van der Waals surface area contributed by atoms with Gasteiger partial charge >= 0.3 is 0 Å².